The predicted molar refractivity (Wildman–Crippen MR) is 147 cm³/mol. The SMILES string of the molecule is CCC(CC)(OC(=O)CC(O)(CC(=O)OC(CC)(CC)C(C)C)C(=O)OC(CC)(CC)C(C)C)C(C)C. The number of carbonyl (C=O) groups excluding carboxylic acids is 3. The minimum atomic E-state index is -2.41. The third kappa shape index (κ3) is 8.43. The van der Waals surface area contributed by atoms with Crippen LogP contribution in [-0.4, -0.2) is 45.4 Å². The Labute approximate surface area is 226 Å². The highest BCUT2D eigenvalue weighted by molar-refractivity contribution is 5.90. The highest BCUT2D eigenvalue weighted by Crippen LogP contribution is 2.36. The summed E-state index contributed by atoms with van der Waals surface area (Å²) in [5, 5.41) is 11.6. The maximum atomic E-state index is 13.6. The molecule has 0 aromatic rings. The summed E-state index contributed by atoms with van der Waals surface area (Å²) in [6.07, 6.45) is 2.03. The standard InChI is InChI=1S/C30H56O7/c1-13-28(14-2,21(7)8)35-24(31)19-27(34,26(33)37-30(17-5,18-6)23(11)12)20-25(32)36-29(15-3,16-4)22(9)10/h21-23,34H,13-20H2,1-12H3. The zero-order chi connectivity index (χ0) is 29.2. The van der Waals surface area contributed by atoms with Gasteiger partial charge >= 0.3 is 17.9 Å². The van der Waals surface area contributed by atoms with Crippen LogP contribution in [0.4, 0.5) is 0 Å². The van der Waals surface area contributed by atoms with Crippen molar-refractivity contribution in [3.63, 3.8) is 0 Å². The summed E-state index contributed by atoms with van der Waals surface area (Å²) in [5.41, 5.74) is -4.70. The molecule has 0 amide bonds. The van der Waals surface area contributed by atoms with Crippen LogP contribution in [-0.2, 0) is 28.6 Å². The highest BCUT2D eigenvalue weighted by Gasteiger charge is 2.49. The van der Waals surface area contributed by atoms with Crippen molar-refractivity contribution < 1.29 is 33.7 Å². The second-order valence-corrected chi connectivity index (χ2v) is 11.5. The largest absolute Gasteiger partial charge is 0.459 e. The van der Waals surface area contributed by atoms with Crippen molar-refractivity contribution in [2.24, 2.45) is 17.8 Å². The molecule has 37 heavy (non-hydrogen) atoms. The van der Waals surface area contributed by atoms with E-state index in [9.17, 15) is 19.5 Å². The quantitative estimate of drug-likeness (QED) is 0.164. The maximum Gasteiger partial charge on any atom is 0.339 e. The molecule has 0 aliphatic heterocycles. The lowest BCUT2D eigenvalue weighted by atomic mass is 9.83. The molecule has 0 unspecified atom stereocenters. The van der Waals surface area contributed by atoms with Crippen molar-refractivity contribution in [1.82, 2.24) is 0 Å². The van der Waals surface area contributed by atoms with Crippen molar-refractivity contribution in [2.75, 3.05) is 0 Å². The summed E-state index contributed by atoms with van der Waals surface area (Å²) < 4.78 is 17.7. The maximum absolute atomic E-state index is 13.6. The van der Waals surface area contributed by atoms with Crippen LogP contribution in [0.2, 0.25) is 0 Å². The first-order valence-electron chi connectivity index (χ1n) is 14.4. The fraction of sp³-hybridized carbons (Fsp3) is 0.900. The normalized spacial score (nSPS) is 13.3. The van der Waals surface area contributed by atoms with Gasteiger partial charge in [-0.25, -0.2) is 4.79 Å². The van der Waals surface area contributed by atoms with Crippen molar-refractivity contribution in [2.45, 2.75) is 157 Å². The van der Waals surface area contributed by atoms with Gasteiger partial charge in [-0.15, -0.1) is 0 Å². The number of ether oxygens (including phenoxy) is 3. The Hall–Kier alpha value is -1.63. The van der Waals surface area contributed by atoms with E-state index in [1.54, 1.807) is 0 Å². The van der Waals surface area contributed by atoms with Gasteiger partial charge in [0.15, 0.2) is 5.60 Å². The number of rotatable bonds is 17. The van der Waals surface area contributed by atoms with Gasteiger partial charge in [-0.05, 0) is 56.3 Å². The summed E-state index contributed by atoms with van der Waals surface area (Å²) in [7, 11) is 0. The smallest absolute Gasteiger partial charge is 0.339 e. The first-order chi connectivity index (χ1) is 17.0. The van der Waals surface area contributed by atoms with Gasteiger partial charge in [-0.2, -0.15) is 0 Å². The third-order valence-electron chi connectivity index (χ3n) is 8.93. The van der Waals surface area contributed by atoms with Crippen LogP contribution in [0.5, 0.6) is 0 Å². The fourth-order valence-electron chi connectivity index (χ4n) is 5.48. The minimum absolute atomic E-state index is 0.0304. The molecule has 1 N–H and O–H groups in total. The second kappa shape index (κ2) is 14.5. The van der Waals surface area contributed by atoms with Gasteiger partial charge in [0.1, 0.15) is 16.8 Å². The molecular formula is C30H56O7. The predicted octanol–water partition coefficient (Wildman–Crippen LogP) is 6.77. The third-order valence-corrected chi connectivity index (χ3v) is 8.93. The van der Waals surface area contributed by atoms with Crippen LogP contribution in [0.3, 0.4) is 0 Å². The van der Waals surface area contributed by atoms with Crippen LogP contribution >= 0.6 is 0 Å². The molecule has 0 radical (unpaired) electrons. The molecule has 0 aromatic heterocycles. The topological polar surface area (TPSA) is 99.1 Å². The van der Waals surface area contributed by atoms with Crippen LogP contribution in [0.15, 0.2) is 0 Å². The Morgan fingerprint density at radius 1 is 0.541 bits per heavy atom. The van der Waals surface area contributed by atoms with Crippen molar-refractivity contribution in [3.05, 3.63) is 0 Å². The monoisotopic (exact) mass is 528 g/mol. The first-order valence-corrected chi connectivity index (χ1v) is 14.4. The molecule has 0 atom stereocenters. The van der Waals surface area contributed by atoms with Gasteiger partial charge in [-0.1, -0.05) is 83.1 Å². The van der Waals surface area contributed by atoms with Gasteiger partial charge in [-0.3, -0.25) is 9.59 Å². The summed E-state index contributed by atoms with van der Waals surface area (Å²) in [5.74, 6) is -2.44. The summed E-state index contributed by atoms with van der Waals surface area (Å²) in [6, 6.07) is 0. The average Bonchev–Trinajstić information content (AvgIpc) is 2.83. The Morgan fingerprint density at radius 3 is 1.00 bits per heavy atom. The molecule has 7 heteroatoms. The Balaban J connectivity index is 6.31. The molecule has 7 nitrogen and oxygen atoms in total. The number of carbonyl (C=O) groups is 3. The number of esters is 3. The van der Waals surface area contributed by atoms with E-state index in [0.29, 0.717) is 38.5 Å². The van der Waals surface area contributed by atoms with Crippen LogP contribution in [0.25, 0.3) is 0 Å². The molecule has 0 aliphatic carbocycles. The number of hydrogen-bond donors (Lipinski definition) is 1. The summed E-state index contributed by atoms with van der Waals surface area (Å²) >= 11 is 0. The second-order valence-electron chi connectivity index (χ2n) is 11.5. The Kier molecular flexibility index (Phi) is 13.9. The van der Waals surface area contributed by atoms with E-state index >= 15 is 0 Å². The molecule has 0 bridgehead atoms. The van der Waals surface area contributed by atoms with Gasteiger partial charge in [0.2, 0.25) is 0 Å². The molecule has 0 fully saturated rings. The lowest BCUT2D eigenvalue weighted by Gasteiger charge is -2.40. The molecule has 0 heterocycles. The number of hydrogen-bond acceptors (Lipinski definition) is 7. The fourth-order valence-corrected chi connectivity index (χ4v) is 5.48. The van der Waals surface area contributed by atoms with Gasteiger partial charge in [0, 0.05) is 0 Å². The van der Waals surface area contributed by atoms with Crippen molar-refractivity contribution in [1.29, 1.82) is 0 Å². The van der Waals surface area contributed by atoms with Crippen LogP contribution < -0.4 is 0 Å². The van der Waals surface area contributed by atoms with Gasteiger partial charge in [0.05, 0.1) is 12.8 Å². The van der Waals surface area contributed by atoms with Gasteiger partial charge < -0.3 is 19.3 Å². The van der Waals surface area contributed by atoms with Gasteiger partial charge in [0.25, 0.3) is 0 Å². The lowest BCUT2D eigenvalue weighted by Crippen LogP contribution is -2.52. The molecule has 0 saturated carbocycles. The molecule has 0 aliphatic rings. The molecular weight excluding hydrogens is 472 g/mol. The molecule has 0 aromatic carbocycles. The first kappa shape index (κ1) is 35.4. The highest BCUT2D eigenvalue weighted by atomic mass is 16.6. The zero-order valence-electron chi connectivity index (χ0n) is 25.8. The van der Waals surface area contributed by atoms with E-state index in [0.717, 1.165) is 0 Å². The van der Waals surface area contributed by atoms with E-state index in [4.69, 9.17) is 14.2 Å². The number of aliphatic hydroxyl groups is 1. The minimum Gasteiger partial charge on any atom is -0.459 e. The molecule has 0 rings (SSSR count). The Morgan fingerprint density at radius 2 is 0.784 bits per heavy atom. The molecule has 218 valence electrons. The molecule has 0 saturated heterocycles. The van der Waals surface area contributed by atoms with E-state index < -0.39 is 53.2 Å². The summed E-state index contributed by atoms with van der Waals surface area (Å²) in [4.78, 5) is 39.9. The van der Waals surface area contributed by atoms with Crippen LogP contribution in [0, 0.1) is 17.8 Å². The van der Waals surface area contributed by atoms with Crippen molar-refractivity contribution >= 4 is 17.9 Å². The average molecular weight is 529 g/mol. The Bertz CT molecular complexity index is 686. The lowest BCUT2D eigenvalue weighted by molar-refractivity contribution is -0.201. The van der Waals surface area contributed by atoms with E-state index in [-0.39, 0.29) is 17.8 Å². The van der Waals surface area contributed by atoms with E-state index in [1.807, 2.05) is 83.1 Å². The van der Waals surface area contributed by atoms with E-state index in [2.05, 4.69) is 0 Å². The molecule has 0 spiro atoms. The zero-order valence-corrected chi connectivity index (χ0v) is 25.8. The summed E-state index contributed by atoms with van der Waals surface area (Å²) in [6.45, 7) is 23.4. The van der Waals surface area contributed by atoms with Crippen molar-refractivity contribution in [3.8, 4) is 0 Å². The van der Waals surface area contributed by atoms with Crippen LogP contribution in [0.1, 0.15) is 134 Å². The van der Waals surface area contributed by atoms with E-state index in [1.165, 1.54) is 0 Å².